The topological polar surface area (TPSA) is 96.0 Å². The van der Waals surface area contributed by atoms with Crippen molar-refractivity contribution in [3.05, 3.63) is 176 Å². The smallest absolute Gasteiger partial charge is 0.347 e. The molecule has 3 aliphatic rings. The standard InChI is InChI=1S/C46H32O7/c1-24-17-28(18-25(2)42(24)51-30-13-15-34-36(21-30)41(48)23-40(34)47)46(38-11-7-5-9-32(38)33-10-6-8-12-39(33)46)29-19-26(3)43(27(4)20-29)52-31-14-16-35-37(22-31)45(50)53-44(35)49/h5-22H,23H2,1-4H3. The van der Waals surface area contributed by atoms with Gasteiger partial charge in [-0.25, -0.2) is 9.59 Å². The summed E-state index contributed by atoms with van der Waals surface area (Å²) in [5.74, 6) is 0.609. The van der Waals surface area contributed by atoms with Crippen LogP contribution < -0.4 is 9.47 Å². The van der Waals surface area contributed by atoms with Crippen molar-refractivity contribution in [2.45, 2.75) is 39.5 Å². The molecule has 7 heteroatoms. The van der Waals surface area contributed by atoms with E-state index in [1.165, 1.54) is 0 Å². The molecule has 0 N–H and O–H groups in total. The van der Waals surface area contributed by atoms with Crippen molar-refractivity contribution in [3.8, 4) is 34.1 Å². The third kappa shape index (κ3) is 4.81. The molecule has 0 atom stereocenters. The van der Waals surface area contributed by atoms with Gasteiger partial charge in [0.15, 0.2) is 11.6 Å². The fourth-order valence-electron chi connectivity index (χ4n) is 8.44. The number of carbonyl (C=O) groups is 4. The second kappa shape index (κ2) is 11.7. The van der Waals surface area contributed by atoms with E-state index >= 15 is 0 Å². The van der Waals surface area contributed by atoms with E-state index < -0.39 is 17.4 Å². The Kier molecular flexibility index (Phi) is 7.14. The van der Waals surface area contributed by atoms with Gasteiger partial charge in [0.2, 0.25) is 0 Å². The maximum Gasteiger partial charge on any atom is 0.347 e. The SMILES string of the molecule is Cc1cc(C2(c3cc(C)c(Oc4ccc5c(c4)C(=O)OC5=O)c(C)c3)c3ccccc3-c3ccccc32)cc(C)c1Oc1ccc2c(c1)C(=O)CC2=O. The predicted octanol–water partition coefficient (Wildman–Crippen LogP) is 9.95. The largest absolute Gasteiger partial charge is 0.457 e. The van der Waals surface area contributed by atoms with Crippen LogP contribution in [0.4, 0.5) is 0 Å². The molecule has 1 heterocycles. The summed E-state index contributed by atoms with van der Waals surface area (Å²) in [5, 5.41) is 0. The third-order valence-corrected chi connectivity index (χ3v) is 10.7. The van der Waals surface area contributed by atoms with Crippen LogP contribution in [0.2, 0.25) is 0 Å². The second-order valence-corrected chi connectivity index (χ2v) is 14.0. The first-order chi connectivity index (χ1) is 25.5. The third-order valence-electron chi connectivity index (χ3n) is 10.7. The van der Waals surface area contributed by atoms with Crippen molar-refractivity contribution >= 4 is 23.5 Å². The summed E-state index contributed by atoms with van der Waals surface area (Å²) < 4.78 is 17.7. The van der Waals surface area contributed by atoms with E-state index in [1.807, 2.05) is 27.7 Å². The number of aryl methyl sites for hydroxylation is 4. The lowest BCUT2D eigenvalue weighted by Gasteiger charge is -2.35. The number of esters is 2. The van der Waals surface area contributed by atoms with Gasteiger partial charge in [-0.2, -0.15) is 0 Å². The van der Waals surface area contributed by atoms with E-state index in [0.717, 1.165) is 55.6 Å². The van der Waals surface area contributed by atoms with Crippen LogP contribution in [0.3, 0.4) is 0 Å². The number of benzene rings is 6. The first-order valence-corrected chi connectivity index (χ1v) is 17.4. The Bertz CT molecular complexity index is 2420. The monoisotopic (exact) mass is 696 g/mol. The van der Waals surface area contributed by atoms with Crippen LogP contribution in [0.1, 0.15) is 92.4 Å². The molecule has 0 bridgehead atoms. The Labute approximate surface area is 305 Å². The van der Waals surface area contributed by atoms with Crippen LogP contribution in [-0.2, 0) is 10.2 Å². The molecule has 258 valence electrons. The summed E-state index contributed by atoms with van der Waals surface area (Å²) in [4.78, 5) is 49.0. The first-order valence-electron chi connectivity index (χ1n) is 17.4. The Balaban J connectivity index is 1.18. The highest BCUT2D eigenvalue weighted by Crippen LogP contribution is 2.57. The van der Waals surface area contributed by atoms with Crippen molar-refractivity contribution in [1.82, 2.24) is 0 Å². The Morgan fingerprint density at radius 2 is 0.906 bits per heavy atom. The number of hydrogen-bond donors (Lipinski definition) is 0. The molecule has 9 rings (SSSR count). The van der Waals surface area contributed by atoms with Crippen LogP contribution in [0.5, 0.6) is 23.0 Å². The van der Waals surface area contributed by atoms with Crippen molar-refractivity contribution < 1.29 is 33.4 Å². The van der Waals surface area contributed by atoms with Gasteiger partial charge in [-0.3, -0.25) is 9.59 Å². The van der Waals surface area contributed by atoms with E-state index in [9.17, 15) is 19.2 Å². The normalized spacial score (nSPS) is 14.8. The molecule has 0 spiro atoms. The van der Waals surface area contributed by atoms with Gasteiger partial charge in [0.05, 0.1) is 23.0 Å². The second-order valence-electron chi connectivity index (χ2n) is 14.0. The van der Waals surface area contributed by atoms with Crippen LogP contribution in [0, 0.1) is 27.7 Å². The molecule has 0 aromatic heterocycles. The van der Waals surface area contributed by atoms with E-state index in [-0.39, 0.29) is 29.1 Å². The molecule has 7 nitrogen and oxygen atoms in total. The number of Topliss-reactive ketones (excluding diaryl/α,β-unsaturated/α-hetero) is 2. The van der Waals surface area contributed by atoms with Gasteiger partial charge in [0.25, 0.3) is 0 Å². The average molecular weight is 697 g/mol. The summed E-state index contributed by atoms with van der Waals surface area (Å²) in [5.41, 5.74) is 11.0. The zero-order valence-corrected chi connectivity index (χ0v) is 29.5. The van der Waals surface area contributed by atoms with Crippen LogP contribution in [-0.4, -0.2) is 23.5 Å². The Hall–Kier alpha value is -6.60. The van der Waals surface area contributed by atoms with Gasteiger partial charge in [-0.05, 0) is 120 Å². The number of ether oxygens (including phenoxy) is 3. The maximum atomic E-state index is 12.5. The van der Waals surface area contributed by atoms with Crippen LogP contribution in [0.25, 0.3) is 11.1 Å². The lowest BCUT2D eigenvalue weighted by molar-refractivity contribution is 0.0443. The highest BCUT2D eigenvalue weighted by molar-refractivity contribution is 6.24. The van der Waals surface area contributed by atoms with E-state index in [4.69, 9.17) is 14.2 Å². The van der Waals surface area contributed by atoms with Crippen molar-refractivity contribution in [1.29, 1.82) is 0 Å². The van der Waals surface area contributed by atoms with Gasteiger partial charge in [-0.15, -0.1) is 0 Å². The minimum absolute atomic E-state index is 0.102. The number of hydrogen-bond acceptors (Lipinski definition) is 7. The highest BCUT2D eigenvalue weighted by atomic mass is 16.6. The van der Waals surface area contributed by atoms with Gasteiger partial charge in [-0.1, -0.05) is 72.8 Å². The molecule has 53 heavy (non-hydrogen) atoms. The van der Waals surface area contributed by atoms with Gasteiger partial charge in [0.1, 0.15) is 23.0 Å². The quantitative estimate of drug-likeness (QED) is 0.126. The Morgan fingerprint density at radius 1 is 0.472 bits per heavy atom. The molecule has 0 saturated carbocycles. The minimum atomic E-state index is -0.701. The maximum absolute atomic E-state index is 12.5. The summed E-state index contributed by atoms with van der Waals surface area (Å²) in [6, 6.07) is 35.6. The minimum Gasteiger partial charge on any atom is -0.457 e. The number of ketones is 2. The molecular formula is C46H32O7. The molecule has 2 aliphatic carbocycles. The van der Waals surface area contributed by atoms with Gasteiger partial charge in [0, 0.05) is 11.1 Å². The van der Waals surface area contributed by atoms with E-state index in [2.05, 4.69) is 72.8 Å². The average Bonchev–Trinajstić information content (AvgIpc) is 3.72. The van der Waals surface area contributed by atoms with Gasteiger partial charge < -0.3 is 14.2 Å². The molecule has 0 radical (unpaired) electrons. The zero-order chi connectivity index (χ0) is 36.8. The van der Waals surface area contributed by atoms with E-state index in [0.29, 0.717) is 34.1 Å². The molecule has 6 aromatic rings. The van der Waals surface area contributed by atoms with Gasteiger partial charge >= 0.3 is 11.9 Å². The summed E-state index contributed by atoms with van der Waals surface area (Å²) in [7, 11) is 0. The number of cyclic esters (lactones) is 2. The van der Waals surface area contributed by atoms with Crippen molar-refractivity contribution in [3.63, 3.8) is 0 Å². The zero-order valence-electron chi connectivity index (χ0n) is 29.5. The Morgan fingerprint density at radius 3 is 1.43 bits per heavy atom. The molecule has 0 saturated heterocycles. The lowest BCUT2D eigenvalue weighted by atomic mass is 9.66. The summed E-state index contributed by atoms with van der Waals surface area (Å²) in [6.45, 7) is 8.09. The summed E-state index contributed by atoms with van der Waals surface area (Å²) in [6.07, 6.45) is -0.102. The molecule has 1 aliphatic heterocycles. The molecule has 0 unspecified atom stereocenters. The number of carbonyl (C=O) groups excluding carboxylic acids is 4. The highest BCUT2D eigenvalue weighted by Gasteiger charge is 2.47. The van der Waals surface area contributed by atoms with Crippen molar-refractivity contribution in [2.75, 3.05) is 0 Å². The lowest BCUT2D eigenvalue weighted by Crippen LogP contribution is -2.29. The molecule has 6 aromatic carbocycles. The fourth-order valence-corrected chi connectivity index (χ4v) is 8.44. The first kappa shape index (κ1) is 32.3. The van der Waals surface area contributed by atoms with E-state index in [1.54, 1.807) is 36.4 Å². The fraction of sp³-hybridized carbons (Fsp3) is 0.130. The summed E-state index contributed by atoms with van der Waals surface area (Å²) >= 11 is 0. The predicted molar refractivity (Wildman–Crippen MR) is 199 cm³/mol. The van der Waals surface area contributed by atoms with Crippen molar-refractivity contribution in [2.24, 2.45) is 0 Å². The molecular weight excluding hydrogens is 664 g/mol. The molecule has 0 fully saturated rings. The van der Waals surface area contributed by atoms with Crippen LogP contribution >= 0.6 is 0 Å². The number of rotatable bonds is 6. The van der Waals surface area contributed by atoms with Crippen LogP contribution in [0.15, 0.2) is 109 Å². The molecule has 0 amide bonds. The number of fused-ring (bicyclic) bond motifs is 5.